The fourth-order valence-corrected chi connectivity index (χ4v) is 1.12. The highest BCUT2D eigenvalue weighted by atomic mass is 16.5. The minimum atomic E-state index is -0.590. The van der Waals surface area contributed by atoms with E-state index in [4.69, 9.17) is 14.9 Å². The monoisotopic (exact) mass is 216 g/mol. The predicted octanol–water partition coefficient (Wildman–Crippen LogP) is -1.03. The van der Waals surface area contributed by atoms with Gasteiger partial charge >= 0.3 is 6.01 Å². The van der Waals surface area contributed by atoms with Crippen LogP contribution in [0.1, 0.15) is 5.89 Å². The molecule has 1 rings (SSSR count). The van der Waals surface area contributed by atoms with Crippen molar-refractivity contribution in [2.45, 2.75) is 12.6 Å². The Morgan fingerprint density at radius 2 is 2.33 bits per heavy atom. The third-order valence-electron chi connectivity index (χ3n) is 1.80. The molecule has 0 fully saturated rings. The van der Waals surface area contributed by atoms with Gasteiger partial charge in [0.25, 0.3) is 0 Å². The van der Waals surface area contributed by atoms with Gasteiger partial charge in [0.1, 0.15) is 0 Å². The molecule has 0 aliphatic heterocycles. The molecule has 0 saturated heterocycles. The highest BCUT2D eigenvalue weighted by Gasteiger charge is 2.13. The molecule has 1 atom stereocenters. The van der Waals surface area contributed by atoms with E-state index in [1.165, 1.54) is 7.11 Å². The lowest BCUT2D eigenvalue weighted by molar-refractivity contribution is 0.0689. The summed E-state index contributed by atoms with van der Waals surface area (Å²) in [7, 11) is 3.27. The van der Waals surface area contributed by atoms with Crippen molar-refractivity contribution < 1.29 is 14.3 Å². The summed E-state index contributed by atoms with van der Waals surface area (Å²) in [4.78, 5) is 1.65. The maximum Gasteiger partial charge on any atom is 0.318 e. The largest absolute Gasteiger partial charge is 0.407 e. The average molecular weight is 216 g/mol. The van der Waals surface area contributed by atoms with E-state index >= 15 is 0 Å². The first-order valence-corrected chi connectivity index (χ1v) is 4.58. The van der Waals surface area contributed by atoms with Crippen LogP contribution in [0.2, 0.25) is 0 Å². The third-order valence-corrected chi connectivity index (χ3v) is 1.80. The van der Waals surface area contributed by atoms with Crippen molar-refractivity contribution in [2.24, 2.45) is 5.73 Å². The quantitative estimate of drug-likeness (QED) is 0.627. The van der Waals surface area contributed by atoms with Crippen LogP contribution in [0.25, 0.3) is 0 Å². The predicted molar refractivity (Wildman–Crippen MR) is 53.3 cm³/mol. The van der Waals surface area contributed by atoms with Gasteiger partial charge in [0, 0.05) is 14.2 Å². The van der Waals surface area contributed by atoms with E-state index in [9.17, 15) is 5.11 Å². The number of hydrogen-bond donors (Lipinski definition) is 2. The van der Waals surface area contributed by atoms with Crippen molar-refractivity contribution in [2.75, 3.05) is 32.2 Å². The first-order chi connectivity index (χ1) is 7.17. The van der Waals surface area contributed by atoms with Crippen molar-refractivity contribution in [3.05, 3.63) is 5.89 Å². The van der Waals surface area contributed by atoms with Crippen molar-refractivity contribution in [1.82, 2.24) is 10.2 Å². The van der Waals surface area contributed by atoms with Crippen LogP contribution in [-0.4, -0.2) is 48.7 Å². The summed E-state index contributed by atoms with van der Waals surface area (Å²) in [6.45, 7) is 0.837. The number of nitrogens with zero attached hydrogens (tertiary/aromatic N) is 3. The molecule has 15 heavy (non-hydrogen) atoms. The summed E-state index contributed by atoms with van der Waals surface area (Å²) in [5, 5.41) is 17.0. The fraction of sp³-hybridized carbons (Fsp3) is 0.750. The number of aliphatic hydroxyl groups is 1. The molecular weight excluding hydrogens is 200 g/mol. The normalized spacial score (nSPS) is 12.8. The zero-order valence-corrected chi connectivity index (χ0v) is 8.88. The van der Waals surface area contributed by atoms with Gasteiger partial charge in [-0.15, -0.1) is 5.10 Å². The van der Waals surface area contributed by atoms with Crippen LogP contribution >= 0.6 is 0 Å². The molecule has 86 valence electrons. The van der Waals surface area contributed by atoms with E-state index in [0.29, 0.717) is 18.5 Å². The number of aliphatic hydroxyl groups excluding tert-OH is 1. The summed E-state index contributed by atoms with van der Waals surface area (Å²) >= 11 is 0. The molecule has 1 aromatic heterocycles. The summed E-state index contributed by atoms with van der Waals surface area (Å²) in [5.41, 5.74) is 5.33. The van der Waals surface area contributed by atoms with Crippen LogP contribution in [0.4, 0.5) is 6.01 Å². The van der Waals surface area contributed by atoms with E-state index in [-0.39, 0.29) is 13.2 Å². The lowest BCUT2D eigenvalue weighted by Crippen LogP contribution is -2.32. The zero-order chi connectivity index (χ0) is 11.3. The van der Waals surface area contributed by atoms with Crippen molar-refractivity contribution in [3.63, 3.8) is 0 Å². The van der Waals surface area contributed by atoms with Gasteiger partial charge in [0.15, 0.2) is 0 Å². The molecule has 1 heterocycles. The lowest BCUT2D eigenvalue weighted by Gasteiger charge is -2.17. The van der Waals surface area contributed by atoms with Crippen LogP contribution in [-0.2, 0) is 11.3 Å². The third kappa shape index (κ3) is 3.46. The standard InChI is InChI=1S/C8H16N4O3/c1-12(4-6(13)5-14-2)8-11-10-7(3-9)15-8/h6,13H,3-5,9H2,1-2H3. The number of methoxy groups -OCH3 is 1. The molecule has 0 spiro atoms. The molecule has 7 heteroatoms. The second-order valence-electron chi connectivity index (χ2n) is 3.17. The Balaban J connectivity index is 2.49. The molecule has 0 saturated carbocycles. The molecule has 0 amide bonds. The van der Waals surface area contributed by atoms with Crippen LogP contribution < -0.4 is 10.6 Å². The van der Waals surface area contributed by atoms with Crippen molar-refractivity contribution in [1.29, 1.82) is 0 Å². The minimum absolute atomic E-state index is 0.210. The van der Waals surface area contributed by atoms with Gasteiger partial charge in [0.2, 0.25) is 5.89 Å². The summed E-state index contributed by atoms with van der Waals surface area (Å²) in [6.07, 6.45) is -0.590. The lowest BCUT2D eigenvalue weighted by atomic mass is 10.3. The Hall–Kier alpha value is -1.18. The van der Waals surface area contributed by atoms with E-state index in [0.717, 1.165) is 0 Å². The smallest absolute Gasteiger partial charge is 0.318 e. The van der Waals surface area contributed by atoms with Gasteiger partial charge in [-0.2, -0.15) is 0 Å². The number of nitrogens with two attached hydrogens (primary N) is 1. The molecular formula is C8H16N4O3. The zero-order valence-electron chi connectivity index (χ0n) is 8.88. The molecule has 0 aliphatic rings. The van der Waals surface area contributed by atoms with Crippen LogP contribution in [0, 0.1) is 0 Å². The van der Waals surface area contributed by atoms with Gasteiger partial charge in [0.05, 0.1) is 25.8 Å². The molecule has 1 unspecified atom stereocenters. The van der Waals surface area contributed by atoms with E-state index in [1.54, 1.807) is 11.9 Å². The second kappa shape index (κ2) is 5.64. The Kier molecular flexibility index (Phi) is 4.47. The number of anilines is 1. The van der Waals surface area contributed by atoms with Gasteiger partial charge in [-0.05, 0) is 0 Å². The highest BCUT2D eigenvalue weighted by Crippen LogP contribution is 2.10. The summed E-state index contributed by atoms with van der Waals surface area (Å²) < 4.78 is 10.0. The van der Waals surface area contributed by atoms with Crippen LogP contribution in [0.3, 0.4) is 0 Å². The number of ether oxygens (including phenoxy) is 1. The molecule has 0 aliphatic carbocycles. The SMILES string of the molecule is COCC(O)CN(C)c1nnc(CN)o1. The van der Waals surface area contributed by atoms with Gasteiger partial charge < -0.3 is 24.9 Å². The number of likely N-dealkylation sites (N-methyl/N-ethyl adjacent to an activating group) is 1. The molecule has 3 N–H and O–H groups in total. The maximum absolute atomic E-state index is 9.46. The summed E-state index contributed by atoms with van der Waals surface area (Å²) in [6, 6.07) is 0.339. The first-order valence-electron chi connectivity index (χ1n) is 4.58. The van der Waals surface area contributed by atoms with Gasteiger partial charge in [-0.1, -0.05) is 5.10 Å². The van der Waals surface area contributed by atoms with E-state index in [1.807, 2.05) is 0 Å². The Bertz CT molecular complexity index is 291. The highest BCUT2D eigenvalue weighted by molar-refractivity contribution is 5.22. The number of aromatic nitrogens is 2. The fourth-order valence-electron chi connectivity index (χ4n) is 1.12. The molecule has 1 aromatic rings. The molecule has 0 aromatic carbocycles. The first kappa shape index (κ1) is 11.9. The minimum Gasteiger partial charge on any atom is -0.407 e. The van der Waals surface area contributed by atoms with E-state index in [2.05, 4.69) is 10.2 Å². The van der Waals surface area contributed by atoms with Crippen molar-refractivity contribution >= 4 is 6.01 Å². The molecule has 0 bridgehead atoms. The maximum atomic E-state index is 9.46. The molecule has 7 nitrogen and oxygen atoms in total. The topological polar surface area (TPSA) is 97.6 Å². The number of hydrogen-bond acceptors (Lipinski definition) is 7. The van der Waals surface area contributed by atoms with Crippen molar-refractivity contribution in [3.8, 4) is 0 Å². The van der Waals surface area contributed by atoms with Crippen LogP contribution in [0.5, 0.6) is 0 Å². The Morgan fingerprint density at radius 1 is 1.60 bits per heavy atom. The Morgan fingerprint density at radius 3 is 2.87 bits per heavy atom. The average Bonchev–Trinajstić information content (AvgIpc) is 2.66. The number of rotatable bonds is 6. The summed E-state index contributed by atoms with van der Waals surface area (Å²) in [5.74, 6) is 0.373. The second-order valence-corrected chi connectivity index (χ2v) is 3.17. The van der Waals surface area contributed by atoms with Crippen LogP contribution in [0.15, 0.2) is 4.42 Å². The van der Waals surface area contributed by atoms with Gasteiger partial charge in [-0.3, -0.25) is 0 Å². The van der Waals surface area contributed by atoms with E-state index < -0.39 is 6.10 Å². The molecule has 0 radical (unpaired) electrons. The van der Waals surface area contributed by atoms with Gasteiger partial charge in [-0.25, -0.2) is 0 Å². The Labute approximate surface area is 87.8 Å².